The summed E-state index contributed by atoms with van der Waals surface area (Å²) >= 11 is 0. The van der Waals surface area contributed by atoms with Crippen LogP contribution < -0.4 is 5.32 Å². The number of carbonyl (C=O) groups excluding carboxylic acids is 1. The first-order chi connectivity index (χ1) is 8.22. The van der Waals surface area contributed by atoms with Crippen LogP contribution in [-0.2, 0) is 9.53 Å². The summed E-state index contributed by atoms with van der Waals surface area (Å²) in [5.41, 5.74) is -0.152. The van der Waals surface area contributed by atoms with Crippen LogP contribution in [-0.4, -0.2) is 50.2 Å². The predicted octanol–water partition coefficient (Wildman–Crippen LogP) is 1.01. The van der Waals surface area contributed by atoms with E-state index in [4.69, 9.17) is 4.74 Å². The summed E-state index contributed by atoms with van der Waals surface area (Å²) in [4.78, 5) is 14.6. The number of carbonyl (C=O) groups is 1. The molecule has 0 spiro atoms. The second kappa shape index (κ2) is 5.36. The fourth-order valence-corrected chi connectivity index (χ4v) is 3.04. The van der Waals surface area contributed by atoms with Crippen LogP contribution in [0, 0.1) is 5.41 Å². The fourth-order valence-electron chi connectivity index (χ4n) is 3.04. The summed E-state index contributed by atoms with van der Waals surface area (Å²) in [6.45, 7) is 5.66. The topological polar surface area (TPSA) is 41.6 Å². The molecule has 2 unspecified atom stereocenters. The van der Waals surface area contributed by atoms with Crippen molar-refractivity contribution in [3.05, 3.63) is 0 Å². The maximum atomic E-state index is 12.6. The van der Waals surface area contributed by atoms with Crippen molar-refractivity contribution in [2.45, 2.75) is 38.7 Å². The highest BCUT2D eigenvalue weighted by Crippen LogP contribution is 2.33. The van der Waals surface area contributed by atoms with Crippen LogP contribution in [0.15, 0.2) is 0 Å². The number of hydrogen-bond acceptors (Lipinski definition) is 3. The monoisotopic (exact) mass is 240 g/mol. The fraction of sp³-hybridized carbons (Fsp3) is 0.923. The molecule has 0 aliphatic carbocycles. The van der Waals surface area contributed by atoms with Gasteiger partial charge in [0.25, 0.3) is 0 Å². The quantitative estimate of drug-likeness (QED) is 0.800. The van der Waals surface area contributed by atoms with E-state index in [0.29, 0.717) is 5.91 Å². The first kappa shape index (κ1) is 12.8. The number of ether oxygens (including phenoxy) is 1. The minimum Gasteiger partial charge on any atom is -0.380 e. The SMILES string of the molecule is CCC1(C(=O)N2CCC(OC)C2)CCCNC1. The maximum Gasteiger partial charge on any atom is 0.230 e. The summed E-state index contributed by atoms with van der Waals surface area (Å²) in [6.07, 6.45) is 4.30. The molecule has 2 heterocycles. The standard InChI is InChI=1S/C13H24N2O2/c1-3-13(6-4-7-14-10-13)12(16)15-8-5-11(9-15)17-2/h11,14H,3-10H2,1-2H3. The molecule has 17 heavy (non-hydrogen) atoms. The highest BCUT2D eigenvalue weighted by molar-refractivity contribution is 5.83. The van der Waals surface area contributed by atoms with Crippen LogP contribution in [0.1, 0.15) is 32.6 Å². The zero-order chi connectivity index (χ0) is 12.3. The van der Waals surface area contributed by atoms with E-state index in [-0.39, 0.29) is 11.5 Å². The molecule has 2 saturated heterocycles. The van der Waals surface area contributed by atoms with Gasteiger partial charge < -0.3 is 15.0 Å². The second-order valence-electron chi connectivity index (χ2n) is 5.31. The molecule has 98 valence electrons. The molecule has 0 aromatic carbocycles. The lowest BCUT2D eigenvalue weighted by Crippen LogP contribution is -2.51. The Balaban J connectivity index is 2.02. The number of piperidine rings is 1. The highest BCUT2D eigenvalue weighted by atomic mass is 16.5. The molecule has 0 saturated carbocycles. The van der Waals surface area contributed by atoms with Gasteiger partial charge in [0, 0.05) is 26.7 Å². The van der Waals surface area contributed by atoms with Gasteiger partial charge in [0.2, 0.25) is 5.91 Å². The first-order valence-electron chi connectivity index (χ1n) is 6.75. The largest absolute Gasteiger partial charge is 0.380 e. The molecule has 1 amide bonds. The van der Waals surface area contributed by atoms with Gasteiger partial charge in [-0.3, -0.25) is 4.79 Å². The number of nitrogens with zero attached hydrogens (tertiary/aromatic N) is 1. The van der Waals surface area contributed by atoms with Gasteiger partial charge in [-0.15, -0.1) is 0 Å². The van der Waals surface area contributed by atoms with Gasteiger partial charge in [0.15, 0.2) is 0 Å². The van der Waals surface area contributed by atoms with Gasteiger partial charge in [0.1, 0.15) is 0 Å². The van der Waals surface area contributed by atoms with E-state index in [9.17, 15) is 4.79 Å². The Kier molecular flexibility index (Phi) is 4.05. The van der Waals surface area contributed by atoms with Gasteiger partial charge in [-0.05, 0) is 32.2 Å². The molecule has 4 heteroatoms. The Morgan fingerprint density at radius 2 is 2.41 bits per heavy atom. The lowest BCUT2D eigenvalue weighted by molar-refractivity contribution is -0.142. The summed E-state index contributed by atoms with van der Waals surface area (Å²) in [5.74, 6) is 0.340. The molecule has 2 aliphatic rings. The third kappa shape index (κ3) is 2.47. The number of methoxy groups -OCH3 is 1. The van der Waals surface area contributed by atoms with Gasteiger partial charge in [0.05, 0.1) is 11.5 Å². The van der Waals surface area contributed by atoms with E-state index in [1.807, 2.05) is 4.90 Å². The summed E-state index contributed by atoms with van der Waals surface area (Å²) in [7, 11) is 1.73. The molecule has 4 nitrogen and oxygen atoms in total. The molecule has 0 bridgehead atoms. The van der Waals surface area contributed by atoms with Crippen LogP contribution in [0.2, 0.25) is 0 Å². The van der Waals surface area contributed by atoms with Crippen molar-refractivity contribution in [2.75, 3.05) is 33.3 Å². The van der Waals surface area contributed by atoms with Crippen molar-refractivity contribution in [3.63, 3.8) is 0 Å². The van der Waals surface area contributed by atoms with Crippen LogP contribution >= 0.6 is 0 Å². The second-order valence-corrected chi connectivity index (χ2v) is 5.31. The van der Waals surface area contributed by atoms with Gasteiger partial charge in [-0.2, -0.15) is 0 Å². The van der Waals surface area contributed by atoms with Crippen LogP contribution in [0.4, 0.5) is 0 Å². The zero-order valence-corrected chi connectivity index (χ0v) is 11.0. The van der Waals surface area contributed by atoms with Crippen molar-refractivity contribution in [1.82, 2.24) is 10.2 Å². The molecule has 0 aromatic rings. The van der Waals surface area contributed by atoms with E-state index in [2.05, 4.69) is 12.2 Å². The number of nitrogens with one attached hydrogen (secondary N) is 1. The molecule has 2 atom stereocenters. The van der Waals surface area contributed by atoms with Crippen LogP contribution in [0.25, 0.3) is 0 Å². The van der Waals surface area contributed by atoms with Crippen molar-refractivity contribution in [2.24, 2.45) is 5.41 Å². The number of likely N-dealkylation sites (tertiary alicyclic amines) is 1. The zero-order valence-electron chi connectivity index (χ0n) is 11.0. The molecule has 2 aliphatic heterocycles. The normalized spacial score (nSPS) is 34.0. The van der Waals surface area contributed by atoms with Crippen molar-refractivity contribution in [1.29, 1.82) is 0 Å². The Bertz CT molecular complexity index is 275. The predicted molar refractivity (Wildman–Crippen MR) is 66.8 cm³/mol. The summed E-state index contributed by atoms with van der Waals surface area (Å²) < 4.78 is 5.34. The van der Waals surface area contributed by atoms with Gasteiger partial charge in [-0.25, -0.2) is 0 Å². The Morgan fingerprint density at radius 1 is 1.59 bits per heavy atom. The molecule has 1 N–H and O–H groups in total. The van der Waals surface area contributed by atoms with Gasteiger partial charge in [-0.1, -0.05) is 6.92 Å². The third-order valence-corrected chi connectivity index (χ3v) is 4.37. The lowest BCUT2D eigenvalue weighted by atomic mass is 9.77. The molecule has 0 aromatic heterocycles. The lowest BCUT2D eigenvalue weighted by Gasteiger charge is -2.38. The molecular formula is C13H24N2O2. The van der Waals surface area contributed by atoms with Crippen LogP contribution in [0.3, 0.4) is 0 Å². The highest BCUT2D eigenvalue weighted by Gasteiger charge is 2.42. The molecule has 2 rings (SSSR count). The minimum absolute atomic E-state index is 0.152. The van der Waals surface area contributed by atoms with Crippen LogP contribution in [0.5, 0.6) is 0 Å². The maximum absolute atomic E-state index is 12.6. The molecular weight excluding hydrogens is 216 g/mol. The first-order valence-corrected chi connectivity index (χ1v) is 6.75. The number of amides is 1. The van der Waals surface area contributed by atoms with E-state index in [0.717, 1.165) is 51.9 Å². The summed E-state index contributed by atoms with van der Waals surface area (Å²) in [6, 6.07) is 0. The Morgan fingerprint density at radius 3 is 2.94 bits per heavy atom. The smallest absolute Gasteiger partial charge is 0.230 e. The molecule has 2 fully saturated rings. The van der Waals surface area contributed by atoms with E-state index < -0.39 is 0 Å². The van der Waals surface area contributed by atoms with Crippen molar-refractivity contribution in [3.8, 4) is 0 Å². The number of rotatable bonds is 3. The van der Waals surface area contributed by atoms with E-state index in [1.165, 1.54) is 0 Å². The van der Waals surface area contributed by atoms with E-state index in [1.54, 1.807) is 7.11 Å². The van der Waals surface area contributed by atoms with Crippen molar-refractivity contribution < 1.29 is 9.53 Å². The molecule has 0 radical (unpaired) electrons. The van der Waals surface area contributed by atoms with Crippen molar-refractivity contribution >= 4 is 5.91 Å². The van der Waals surface area contributed by atoms with E-state index >= 15 is 0 Å². The minimum atomic E-state index is -0.152. The average Bonchev–Trinajstić information content (AvgIpc) is 2.87. The number of hydrogen-bond donors (Lipinski definition) is 1. The summed E-state index contributed by atoms with van der Waals surface area (Å²) in [5, 5.41) is 3.38. The Labute approximate surface area is 104 Å². The average molecular weight is 240 g/mol. The Hall–Kier alpha value is -0.610. The van der Waals surface area contributed by atoms with Gasteiger partial charge >= 0.3 is 0 Å². The third-order valence-electron chi connectivity index (χ3n) is 4.37.